The molecule has 2 aromatic rings. The minimum absolute atomic E-state index is 0.0414. The third-order valence-corrected chi connectivity index (χ3v) is 7.55. The quantitative estimate of drug-likeness (QED) is 0.642. The molecule has 2 aromatic carbocycles. The Hall–Kier alpha value is -2.78. The van der Waals surface area contributed by atoms with Crippen LogP contribution in [-0.4, -0.2) is 49.3 Å². The molecule has 0 radical (unpaired) electrons. The minimum Gasteiger partial charge on any atom is -0.481 e. The van der Waals surface area contributed by atoms with Crippen LogP contribution < -0.4 is 10.5 Å². The summed E-state index contributed by atoms with van der Waals surface area (Å²) in [5.74, 6) is -0.348. The summed E-state index contributed by atoms with van der Waals surface area (Å²) in [7, 11) is -3.70. The number of carbonyl (C=O) groups is 2. The van der Waals surface area contributed by atoms with Crippen LogP contribution in [0.4, 0.5) is 4.79 Å². The van der Waals surface area contributed by atoms with Gasteiger partial charge in [-0.25, -0.2) is 13.2 Å². The van der Waals surface area contributed by atoms with Crippen molar-refractivity contribution in [1.82, 2.24) is 4.90 Å². The zero-order chi connectivity index (χ0) is 22.6. The van der Waals surface area contributed by atoms with E-state index in [9.17, 15) is 23.1 Å². The molecule has 10 heteroatoms. The average molecular weight is 467 g/mol. The summed E-state index contributed by atoms with van der Waals surface area (Å²) in [6.45, 7) is 0.386. The molecule has 2 amide bonds. The highest BCUT2D eigenvalue weighted by atomic mass is 35.5. The molecule has 1 aliphatic rings. The number of hydrogen-bond acceptors (Lipinski definition) is 5. The Morgan fingerprint density at radius 1 is 1.03 bits per heavy atom. The molecule has 8 nitrogen and oxygen atoms in total. The van der Waals surface area contributed by atoms with Crippen molar-refractivity contribution >= 4 is 33.4 Å². The number of carboxylic acids is 1. The Labute approximate surface area is 185 Å². The van der Waals surface area contributed by atoms with Gasteiger partial charge in [-0.2, -0.15) is 0 Å². The molecule has 1 aliphatic heterocycles. The number of carboxylic acid groups (broad SMARTS) is 1. The maximum absolute atomic E-state index is 12.8. The van der Waals surface area contributed by atoms with Crippen LogP contribution in [0.5, 0.6) is 11.5 Å². The Bertz CT molecular complexity index is 1050. The van der Waals surface area contributed by atoms with Crippen molar-refractivity contribution in [2.24, 2.45) is 11.1 Å². The number of aliphatic carboxylic acids is 1. The highest BCUT2D eigenvalue weighted by Gasteiger charge is 2.42. The second kappa shape index (κ2) is 9.15. The van der Waals surface area contributed by atoms with E-state index in [4.69, 9.17) is 22.1 Å². The fourth-order valence-corrected chi connectivity index (χ4v) is 5.10. The van der Waals surface area contributed by atoms with E-state index in [2.05, 4.69) is 0 Å². The Balaban J connectivity index is 1.66. The van der Waals surface area contributed by atoms with Crippen LogP contribution in [0.25, 0.3) is 0 Å². The normalized spacial score (nSPS) is 16.0. The zero-order valence-electron chi connectivity index (χ0n) is 16.7. The van der Waals surface area contributed by atoms with E-state index in [1.807, 2.05) is 0 Å². The lowest BCUT2D eigenvalue weighted by atomic mass is 9.76. The van der Waals surface area contributed by atoms with Gasteiger partial charge in [0.25, 0.3) is 0 Å². The van der Waals surface area contributed by atoms with Crippen molar-refractivity contribution < 1.29 is 27.9 Å². The predicted molar refractivity (Wildman–Crippen MR) is 115 cm³/mol. The van der Waals surface area contributed by atoms with Crippen LogP contribution in [0.3, 0.4) is 0 Å². The van der Waals surface area contributed by atoms with Gasteiger partial charge in [0.2, 0.25) is 0 Å². The first-order valence-electron chi connectivity index (χ1n) is 9.65. The molecule has 1 saturated heterocycles. The molecular weight excluding hydrogens is 444 g/mol. The summed E-state index contributed by atoms with van der Waals surface area (Å²) in [6, 6.07) is 12.1. The molecule has 0 spiro atoms. The first kappa shape index (κ1) is 22.9. The van der Waals surface area contributed by atoms with Gasteiger partial charge in [-0.3, -0.25) is 4.79 Å². The second-order valence-corrected chi connectivity index (χ2v) is 10.1. The third-order valence-electron chi connectivity index (χ3n) is 5.57. The van der Waals surface area contributed by atoms with Crippen LogP contribution >= 0.6 is 11.6 Å². The lowest BCUT2D eigenvalue weighted by Gasteiger charge is -2.38. The predicted octanol–water partition coefficient (Wildman–Crippen LogP) is 3.54. The van der Waals surface area contributed by atoms with E-state index in [0.29, 0.717) is 16.5 Å². The molecule has 1 fully saturated rings. The first-order valence-corrected chi connectivity index (χ1v) is 11.7. The topological polar surface area (TPSA) is 127 Å². The Morgan fingerprint density at radius 3 is 2.03 bits per heavy atom. The lowest BCUT2D eigenvalue weighted by Crippen LogP contribution is -2.48. The smallest absolute Gasteiger partial charge is 0.314 e. The Kier molecular flexibility index (Phi) is 6.76. The molecule has 0 unspecified atom stereocenters. The van der Waals surface area contributed by atoms with E-state index in [0.717, 1.165) is 0 Å². The molecule has 1 heterocycles. The van der Waals surface area contributed by atoms with Crippen molar-refractivity contribution in [2.45, 2.75) is 24.2 Å². The van der Waals surface area contributed by atoms with E-state index in [1.165, 1.54) is 17.0 Å². The summed E-state index contributed by atoms with van der Waals surface area (Å²) >= 11 is 5.84. The number of benzene rings is 2. The van der Waals surface area contributed by atoms with Crippen LogP contribution in [0.2, 0.25) is 5.02 Å². The molecule has 0 atom stereocenters. The summed E-state index contributed by atoms with van der Waals surface area (Å²) in [5, 5.41) is 10.3. The number of amides is 2. The minimum atomic E-state index is -3.70. The number of ether oxygens (including phenoxy) is 1. The van der Waals surface area contributed by atoms with Gasteiger partial charge in [-0.05, 0) is 67.8 Å². The average Bonchev–Trinajstić information content (AvgIpc) is 2.74. The molecule has 0 bridgehead atoms. The summed E-state index contributed by atoms with van der Waals surface area (Å²) in [5.41, 5.74) is 4.05. The largest absolute Gasteiger partial charge is 0.481 e. The molecule has 0 aliphatic carbocycles. The number of likely N-dealkylation sites (tertiary alicyclic amines) is 1. The van der Waals surface area contributed by atoms with Crippen molar-refractivity contribution in [3.05, 3.63) is 53.6 Å². The summed E-state index contributed by atoms with van der Waals surface area (Å²) in [4.78, 5) is 24.6. The standard InChI is InChI=1S/C21H23ClN2O6S/c22-15-1-3-16(4-2-15)30-17-5-7-18(8-6-17)31(28,29)14-11-21(19(25)26)9-12-24(13-10-21)20(23)27/h1-8H,9-14H2,(H2,23,27)(H,25,26). The van der Waals surface area contributed by atoms with Gasteiger partial charge in [0.1, 0.15) is 11.5 Å². The second-order valence-electron chi connectivity index (χ2n) is 7.51. The number of urea groups is 1. The maximum atomic E-state index is 12.8. The molecule has 0 saturated carbocycles. The fourth-order valence-electron chi connectivity index (χ4n) is 3.53. The van der Waals surface area contributed by atoms with Crippen LogP contribution in [-0.2, 0) is 14.6 Å². The molecule has 0 aromatic heterocycles. The van der Waals surface area contributed by atoms with Crippen molar-refractivity contribution in [3.63, 3.8) is 0 Å². The Morgan fingerprint density at radius 2 is 1.55 bits per heavy atom. The molecule has 166 valence electrons. The molecule has 31 heavy (non-hydrogen) atoms. The van der Waals surface area contributed by atoms with Gasteiger partial charge in [0.05, 0.1) is 16.1 Å². The van der Waals surface area contributed by atoms with Gasteiger partial charge in [-0.15, -0.1) is 0 Å². The van der Waals surface area contributed by atoms with Crippen LogP contribution in [0.15, 0.2) is 53.4 Å². The van der Waals surface area contributed by atoms with E-state index < -0.39 is 27.3 Å². The number of rotatable bonds is 7. The number of primary amides is 1. The third kappa shape index (κ3) is 5.48. The van der Waals surface area contributed by atoms with Crippen LogP contribution in [0, 0.1) is 5.41 Å². The zero-order valence-corrected chi connectivity index (χ0v) is 18.2. The van der Waals surface area contributed by atoms with E-state index in [-0.39, 0.29) is 43.0 Å². The fraction of sp³-hybridized carbons (Fsp3) is 0.333. The van der Waals surface area contributed by atoms with Gasteiger partial charge >= 0.3 is 12.0 Å². The summed E-state index contributed by atoms with van der Waals surface area (Å²) < 4.78 is 31.2. The summed E-state index contributed by atoms with van der Waals surface area (Å²) in [6.07, 6.45) is 0.281. The first-order chi connectivity index (χ1) is 14.6. The van der Waals surface area contributed by atoms with E-state index >= 15 is 0 Å². The molecule has 3 rings (SSSR count). The highest BCUT2D eigenvalue weighted by Crippen LogP contribution is 2.36. The van der Waals surface area contributed by atoms with Crippen molar-refractivity contribution in [2.75, 3.05) is 18.8 Å². The monoisotopic (exact) mass is 466 g/mol. The van der Waals surface area contributed by atoms with E-state index in [1.54, 1.807) is 36.4 Å². The maximum Gasteiger partial charge on any atom is 0.314 e. The van der Waals surface area contributed by atoms with Crippen LogP contribution in [0.1, 0.15) is 19.3 Å². The number of nitrogens with two attached hydrogens (primary N) is 1. The number of carbonyl (C=O) groups excluding carboxylic acids is 1. The molecule has 3 N–H and O–H groups in total. The van der Waals surface area contributed by atoms with Gasteiger partial charge in [0, 0.05) is 18.1 Å². The van der Waals surface area contributed by atoms with Crippen molar-refractivity contribution in [3.8, 4) is 11.5 Å². The number of halogens is 1. The van der Waals surface area contributed by atoms with Gasteiger partial charge in [0.15, 0.2) is 9.84 Å². The lowest BCUT2D eigenvalue weighted by molar-refractivity contribution is -0.151. The molecular formula is C21H23ClN2O6S. The number of hydrogen-bond donors (Lipinski definition) is 2. The number of piperidine rings is 1. The number of sulfone groups is 1. The SMILES string of the molecule is NC(=O)N1CCC(CCS(=O)(=O)c2ccc(Oc3ccc(Cl)cc3)cc2)(C(=O)O)CC1. The van der Waals surface area contributed by atoms with Crippen molar-refractivity contribution in [1.29, 1.82) is 0 Å². The van der Waals surface area contributed by atoms with Gasteiger partial charge < -0.3 is 20.5 Å². The number of nitrogens with zero attached hydrogens (tertiary/aromatic N) is 1. The highest BCUT2D eigenvalue weighted by molar-refractivity contribution is 7.91. The van der Waals surface area contributed by atoms with Gasteiger partial charge in [-0.1, -0.05) is 11.6 Å².